The number of hydrogen-bond donors (Lipinski definition) is 2. The van der Waals surface area contributed by atoms with Gasteiger partial charge in [-0.1, -0.05) is 30.6 Å². The van der Waals surface area contributed by atoms with Crippen molar-refractivity contribution in [3.63, 3.8) is 0 Å². The van der Waals surface area contributed by atoms with Gasteiger partial charge in [-0.25, -0.2) is 4.98 Å². The number of carbonyl (C=O) groups excluding carboxylic acids is 2. The van der Waals surface area contributed by atoms with Gasteiger partial charge in [0.25, 0.3) is 11.8 Å². The van der Waals surface area contributed by atoms with Crippen LogP contribution in [0.1, 0.15) is 78.9 Å². The Morgan fingerprint density at radius 1 is 1.11 bits per heavy atom. The average Bonchev–Trinajstić information content (AvgIpc) is 3.36. The summed E-state index contributed by atoms with van der Waals surface area (Å²) in [5.41, 5.74) is 2.40. The van der Waals surface area contributed by atoms with Crippen molar-refractivity contribution in [1.82, 2.24) is 20.0 Å². The minimum atomic E-state index is -0.222. The first-order valence-corrected chi connectivity index (χ1v) is 10.5. The second-order valence-corrected chi connectivity index (χ2v) is 7.81. The van der Waals surface area contributed by atoms with Crippen LogP contribution in [0.2, 0.25) is 0 Å². The number of aromatic nitrogens is 2. The molecule has 2 N–H and O–H groups in total. The number of amides is 2. The fraction of sp³-hybridized carbons (Fsp3) is 0.500. The standard InChI is InChI=1S/C22H28N4O2/c27-21(23-14-13-16-8-2-1-3-9-16)19-18-12-6-7-15-26(18)20(25-19)22(28)24-17-10-4-5-11-17/h6-8,12,15,17H,1-5,9-11,13-14H2,(H,23,27)(H,24,28). The number of nitrogens with one attached hydrogen (secondary N) is 2. The minimum Gasteiger partial charge on any atom is -0.350 e. The fourth-order valence-electron chi connectivity index (χ4n) is 4.24. The molecule has 2 aliphatic carbocycles. The Labute approximate surface area is 165 Å². The first kappa shape index (κ1) is 18.7. The van der Waals surface area contributed by atoms with Gasteiger partial charge in [-0.3, -0.25) is 14.0 Å². The Morgan fingerprint density at radius 3 is 2.75 bits per heavy atom. The lowest BCUT2D eigenvalue weighted by Gasteiger charge is -2.12. The molecular weight excluding hydrogens is 352 g/mol. The van der Waals surface area contributed by atoms with Crippen molar-refractivity contribution in [1.29, 1.82) is 0 Å². The van der Waals surface area contributed by atoms with E-state index in [1.165, 1.54) is 18.4 Å². The molecule has 2 aromatic rings. The number of imidazole rings is 1. The Balaban J connectivity index is 1.47. The van der Waals surface area contributed by atoms with Crippen LogP contribution >= 0.6 is 0 Å². The number of allylic oxidation sites excluding steroid dienone is 1. The molecule has 0 radical (unpaired) electrons. The first-order valence-electron chi connectivity index (χ1n) is 10.5. The molecule has 6 heteroatoms. The summed E-state index contributed by atoms with van der Waals surface area (Å²) in [5, 5.41) is 6.04. The molecule has 2 aromatic heterocycles. The van der Waals surface area contributed by atoms with E-state index >= 15 is 0 Å². The summed E-state index contributed by atoms with van der Waals surface area (Å²) < 4.78 is 1.71. The number of rotatable bonds is 6. The molecule has 4 rings (SSSR count). The van der Waals surface area contributed by atoms with Crippen LogP contribution in [0.5, 0.6) is 0 Å². The van der Waals surface area contributed by atoms with Crippen molar-refractivity contribution < 1.29 is 9.59 Å². The lowest BCUT2D eigenvalue weighted by atomic mass is 9.97. The topological polar surface area (TPSA) is 75.5 Å². The highest BCUT2D eigenvalue weighted by atomic mass is 16.2. The van der Waals surface area contributed by atoms with E-state index < -0.39 is 0 Å². The number of carbonyl (C=O) groups is 2. The Bertz CT molecular complexity index is 893. The highest BCUT2D eigenvalue weighted by Crippen LogP contribution is 2.20. The van der Waals surface area contributed by atoms with Crippen LogP contribution in [0.15, 0.2) is 36.0 Å². The summed E-state index contributed by atoms with van der Waals surface area (Å²) >= 11 is 0. The molecule has 6 nitrogen and oxygen atoms in total. The molecule has 0 spiro atoms. The van der Waals surface area contributed by atoms with Gasteiger partial charge < -0.3 is 10.6 Å². The Kier molecular flexibility index (Phi) is 5.74. The van der Waals surface area contributed by atoms with Gasteiger partial charge in [0.2, 0.25) is 5.82 Å². The van der Waals surface area contributed by atoms with E-state index in [9.17, 15) is 9.59 Å². The molecule has 0 aromatic carbocycles. The predicted octanol–water partition coefficient (Wildman–Crippen LogP) is 3.63. The summed E-state index contributed by atoms with van der Waals surface area (Å²) in [7, 11) is 0. The van der Waals surface area contributed by atoms with Crippen LogP contribution in [-0.2, 0) is 0 Å². The van der Waals surface area contributed by atoms with Gasteiger partial charge in [0.1, 0.15) is 0 Å². The van der Waals surface area contributed by atoms with Crippen molar-refractivity contribution in [2.75, 3.05) is 6.54 Å². The van der Waals surface area contributed by atoms with Crippen molar-refractivity contribution in [2.45, 2.75) is 63.8 Å². The predicted molar refractivity (Wildman–Crippen MR) is 108 cm³/mol. The van der Waals surface area contributed by atoms with Gasteiger partial charge in [-0.2, -0.15) is 0 Å². The van der Waals surface area contributed by atoms with E-state index in [0.29, 0.717) is 17.8 Å². The Morgan fingerprint density at radius 2 is 1.96 bits per heavy atom. The maximum atomic E-state index is 12.7. The molecule has 2 aliphatic rings. The molecule has 0 unspecified atom stereocenters. The Hall–Kier alpha value is -2.63. The largest absolute Gasteiger partial charge is 0.350 e. The molecular formula is C22H28N4O2. The van der Waals surface area contributed by atoms with Crippen molar-refractivity contribution in [2.24, 2.45) is 0 Å². The monoisotopic (exact) mass is 380 g/mol. The number of pyridine rings is 1. The quantitative estimate of drug-likeness (QED) is 0.752. The second-order valence-electron chi connectivity index (χ2n) is 7.81. The van der Waals surface area contributed by atoms with Crippen LogP contribution in [0, 0.1) is 0 Å². The van der Waals surface area contributed by atoms with Gasteiger partial charge in [0.15, 0.2) is 5.69 Å². The smallest absolute Gasteiger partial charge is 0.287 e. The zero-order valence-corrected chi connectivity index (χ0v) is 16.2. The van der Waals surface area contributed by atoms with Gasteiger partial charge >= 0.3 is 0 Å². The van der Waals surface area contributed by atoms with Gasteiger partial charge in [0, 0.05) is 18.8 Å². The highest BCUT2D eigenvalue weighted by Gasteiger charge is 2.24. The normalized spacial score (nSPS) is 17.5. The molecule has 0 bridgehead atoms. The van der Waals surface area contributed by atoms with Crippen LogP contribution in [0.4, 0.5) is 0 Å². The van der Waals surface area contributed by atoms with E-state index in [4.69, 9.17) is 0 Å². The lowest BCUT2D eigenvalue weighted by Crippen LogP contribution is -2.34. The summed E-state index contributed by atoms with van der Waals surface area (Å²) in [6, 6.07) is 5.75. The summed E-state index contributed by atoms with van der Waals surface area (Å²) in [6.45, 7) is 0.597. The summed E-state index contributed by atoms with van der Waals surface area (Å²) in [6.07, 6.45) is 14.1. The van der Waals surface area contributed by atoms with E-state index in [0.717, 1.165) is 44.9 Å². The zero-order valence-electron chi connectivity index (χ0n) is 16.2. The van der Waals surface area contributed by atoms with E-state index in [-0.39, 0.29) is 23.7 Å². The first-order chi connectivity index (χ1) is 13.7. The summed E-state index contributed by atoms with van der Waals surface area (Å²) in [4.78, 5) is 29.9. The molecule has 1 fully saturated rings. The van der Waals surface area contributed by atoms with Crippen LogP contribution in [0.25, 0.3) is 5.52 Å². The third kappa shape index (κ3) is 4.11. The maximum absolute atomic E-state index is 12.7. The number of nitrogens with zero attached hydrogens (tertiary/aromatic N) is 2. The van der Waals surface area contributed by atoms with Crippen LogP contribution in [0.3, 0.4) is 0 Å². The van der Waals surface area contributed by atoms with Crippen LogP contribution < -0.4 is 10.6 Å². The average molecular weight is 380 g/mol. The molecule has 1 saturated carbocycles. The molecule has 2 heterocycles. The minimum absolute atomic E-state index is 0.209. The number of hydrogen-bond acceptors (Lipinski definition) is 3. The van der Waals surface area contributed by atoms with E-state index in [1.807, 2.05) is 18.2 Å². The van der Waals surface area contributed by atoms with Crippen molar-refractivity contribution >= 4 is 17.3 Å². The van der Waals surface area contributed by atoms with E-state index in [1.54, 1.807) is 10.6 Å². The maximum Gasteiger partial charge on any atom is 0.287 e. The molecule has 0 atom stereocenters. The third-order valence-electron chi connectivity index (χ3n) is 5.77. The van der Waals surface area contributed by atoms with Gasteiger partial charge in [-0.05, 0) is 57.1 Å². The lowest BCUT2D eigenvalue weighted by molar-refractivity contribution is 0.0926. The molecule has 0 aliphatic heterocycles. The SMILES string of the molecule is O=C(NCCC1=CCCCC1)c1nc(C(=O)NC2CCCC2)n2ccccc12. The van der Waals surface area contributed by atoms with Crippen molar-refractivity contribution in [3.8, 4) is 0 Å². The van der Waals surface area contributed by atoms with Crippen LogP contribution in [-0.4, -0.2) is 33.8 Å². The van der Waals surface area contributed by atoms with Gasteiger partial charge in [0.05, 0.1) is 5.52 Å². The second kappa shape index (κ2) is 8.59. The number of fused-ring (bicyclic) bond motifs is 1. The molecule has 0 saturated heterocycles. The molecule has 2 amide bonds. The van der Waals surface area contributed by atoms with Gasteiger partial charge in [-0.15, -0.1) is 0 Å². The zero-order chi connectivity index (χ0) is 19.3. The molecule has 28 heavy (non-hydrogen) atoms. The summed E-state index contributed by atoms with van der Waals surface area (Å²) in [5.74, 6) is -0.151. The third-order valence-corrected chi connectivity index (χ3v) is 5.77. The fourth-order valence-corrected chi connectivity index (χ4v) is 4.24. The molecule has 148 valence electrons. The highest BCUT2D eigenvalue weighted by molar-refractivity contribution is 6.02. The van der Waals surface area contributed by atoms with Crippen molar-refractivity contribution in [3.05, 3.63) is 47.6 Å². The van der Waals surface area contributed by atoms with E-state index in [2.05, 4.69) is 21.7 Å².